The van der Waals surface area contributed by atoms with Gasteiger partial charge in [-0.3, -0.25) is 14.5 Å². The fraction of sp³-hybridized carbons (Fsp3) is 0.250. The third kappa shape index (κ3) is 6.14. The van der Waals surface area contributed by atoms with Crippen molar-refractivity contribution in [2.45, 2.75) is 13.0 Å². The van der Waals surface area contributed by atoms with E-state index in [-0.39, 0.29) is 34.5 Å². The number of carbonyl (C=O) groups is 1. The van der Waals surface area contributed by atoms with Crippen LogP contribution in [-0.4, -0.2) is 74.7 Å². The van der Waals surface area contributed by atoms with E-state index in [1.54, 1.807) is 43.3 Å². The van der Waals surface area contributed by atoms with E-state index in [4.69, 9.17) is 0 Å². The molecular formula is C28H29FN8O3. The summed E-state index contributed by atoms with van der Waals surface area (Å²) in [4.78, 5) is 44.3. The van der Waals surface area contributed by atoms with Gasteiger partial charge in [0.15, 0.2) is 5.65 Å². The Kier molecular flexibility index (Phi) is 7.80. The van der Waals surface area contributed by atoms with Crippen molar-refractivity contribution >= 4 is 40.0 Å². The number of hydrogen-bond acceptors (Lipinski definition) is 9. The number of nitrogens with zero attached hydrogens (tertiary/aromatic N) is 5. The number of aromatic amines is 1. The molecule has 1 aliphatic heterocycles. The first-order chi connectivity index (χ1) is 19.3. The maximum Gasteiger partial charge on any atom is 0.262 e. The molecule has 206 valence electrons. The van der Waals surface area contributed by atoms with Gasteiger partial charge in [0, 0.05) is 55.9 Å². The van der Waals surface area contributed by atoms with Gasteiger partial charge in [-0.1, -0.05) is 18.7 Å². The highest BCUT2D eigenvalue weighted by molar-refractivity contribution is 5.99. The smallest absolute Gasteiger partial charge is 0.262 e. The number of carbonyl (C=O) groups excluding carboxylic acids is 1. The number of anilines is 4. The SMILES string of the molecule is C=CC(=O)Nc1cccc(-c2nc3nc(Nc4ccc(N5CCN(C[C@H](C)O)CC5)c(F)c4)ncc3c(=O)[nH]2)c1. The lowest BCUT2D eigenvalue weighted by atomic mass is 10.2. The van der Waals surface area contributed by atoms with E-state index in [1.165, 1.54) is 12.3 Å². The van der Waals surface area contributed by atoms with Crippen molar-refractivity contribution in [3.8, 4) is 11.4 Å². The van der Waals surface area contributed by atoms with Crippen molar-refractivity contribution in [1.82, 2.24) is 24.8 Å². The highest BCUT2D eigenvalue weighted by Gasteiger charge is 2.20. The van der Waals surface area contributed by atoms with Crippen LogP contribution in [-0.2, 0) is 4.79 Å². The van der Waals surface area contributed by atoms with E-state index in [1.807, 2.05) is 4.90 Å². The summed E-state index contributed by atoms with van der Waals surface area (Å²) in [5.74, 6) is -0.321. The summed E-state index contributed by atoms with van der Waals surface area (Å²) in [5, 5.41) is 15.4. The summed E-state index contributed by atoms with van der Waals surface area (Å²) in [5.41, 5.74) is 1.77. The molecule has 0 aliphatic carbocycles. The van der Waals surface area contributed by atoms with Crippen molar-refractivity contribution in [3.63, 3.8) is 0 Å². The van der Waals surface area contributed by atoms with Gasteiger partial charge in [-0.05, 0) is 43.3 Å². The molecule has 4 N–H and O–H groups in total. The van der Waals surface area contributed by atoms with E-state index in [9.17, 15) is 14.7 Å². The van der Waals surface area contributed by atoms with Crippen molar-refractivity contribution in [3.05, 3.63) is 77.5 Å². The molecular weight excluding hydrogens is 515 g/mol. The number of hydrogen-bond donors (Lipinski definition) is 4. The Hall–Kier alpha value is -4.68. The Balaban J connectivity index is 1.34. The molecule has 11 nitrogen and oxygen atoms in total. The number of piperazine rings is 1. The standard InChI is InChI=1S/C28H29FN8O3/c1-3-24(39)31-19-6-4-5-18(13-19)25-33-26-21(27(40)34-25)15-30-28(35-26)32-20-7-8-23(22(29)14-20)37-11-9-36(10-12-37)16-17(2)38/h3-8,13-15,17,38H,1,9-12,16H2,2H3,(H,31,39)(H2,30,32,33,34,35,40)/t17-/m0/s1. The highest BCUT2D eigenvalue weighted by Crippen LogP contribution is 2.26. The molecule has 12 heteroatoms. The Labute approximate surface area is 229 Å². The molecule has 1 fully saturated rings. The fourth-order valence-electron chi connectivity index (χ4n) is 4.58. The van der Waals surface area contributed by atoms with Crippen LogP contribution >= 0.6 is 0 Å². The Morgan fingerprint density at radius 1 is 1.18 bits per heavy atom. The predicted molar refractivity (Wildman–Crippen MR) is 152 cm³/mol. The van der Waals surface area contributed by atoms with Crippen LogP contribution in [0.5, 0.6) is 0 Å². The Morgan fingerprint density at radius 3 is 2.70 bits per heavy atom. The van der Waals surface area contributed by atoms with Crippen LogP contribution < -0.4 is 21.1 Å². The van der Waals surface area contributed by atoms with Gasteiger partial charge >= 0.3 is 0 Å². The number of fused-ring (bicyclic) bond motifs is 1. The maximum atomic E-state index is 15.1. The summed E-state index contributed by atoms with van der Waals surface area (Å²) in [6, 6.07) is 11.7. The van der Waals surface area contributed by atoms with E-state index in [0.717, 1.165) is 19.2 Å². The Bertz CT molecular complexity index is 1620. The Morgan fingerprint density at radius 2 is 1.98 bits per heavy atom. The average Bonchev–Trinajstić information content (AvgIpc) is 2.93. The zero-order valence-corrected chi connectivity index (χ0v) is 21.9. The van der Waals surface area contributed by atoms with E-state index < -0.39 is 11.7 Å². The largest absolute Gasteiger partial charge is 0.392 e. The van der Waals surface area contributed by atoms with Crippen molar-refractivity contribution in [1.29, 1.82) is 0 Å². The highest BCUT2D eigenvalue weighted by atomic mass is 19.1. The van der Waals surface area contributed by atoms with Gasteiger partial charge in [-0.25, -0.2) is 14.4 Å². The molecule has 0 bridgehead atoms. The number of H-pyrrole nitrogens is 1. The minimum Gasteiger partial charge on any atom is -0.392 e. The molecule has 3 heterocycles. The van der Waals surface area contributed by atoms with E-state index in [2.05, 4.69) is 42.0 Å². The number of amides is 1. The fourth-order valence-corrected chi connectivity index (χ4v) is 4.58. The lowest BCUT2D eigenvalue weighted by Crippen LogP contribution is -2.48. The number of nitrogens with one attached hydrogen (secondary N) is 3. The maximum absolute atomic E-state index is 15.1. The monoisotopic (exact) mass is 544 g/mol. The van der Waals surface area contributed by atoms with Crippen molar-refractivity contribution < 1.29 is 14.3 Å². The van der Waals surface area contributed by atoms with E-state index >= 15 is 4.39 Å². The average molecular weight is 545 g/mol. The van der Waals surface area contributed by atoms with Gasteiger partial charge in [-0.2, -0.15) is 4.98 Å². The van der Waals surface area contributed by atoms with Crippen molar-refractivity contribution in [2.75, 3.05) is 48.3 Å². The second-order valence-electron chi connectivity index (χ2n) is 9.55. The molecule has 1 saturated heterocycles. The second kappa shape index (κ2) is 11.6. The topological polar surface area (TPSA) is 139 Å². The molecule has 0 spiro atoms. The number of benzene rings is 2. The van der Waals surface area contributed by atoms with Crippen LogP contribution in [0.4, 0.5) is 27.4 Å². The lowest BCUT2D eigenvalue weighted by molar-refractivity contribution is -0.111. The predicted octanol–water partition coefficient (Wildman–Crippen LogP) is 2.89. The van der Waals surface area contributed by atoms with Gasteiger partial charge in [-0.15, -0.1) is 0 Å². The quantitative estimate of drug-likeness (QED) is 0.247. The minimum absolute atomic E-state index is 0.155. The molecule has 0 saturated carbocycles. The molecule has 5 rings (SSSR count). The minimum atomic E-state index is -0.420. The molecule has 0 unspecified atom stereocenters. The second-order valence-corrected chi connectivity index (χ2v) is 9.55. The molecule has 2 aromatic heterocycles. The molecule has 1 aliphatic rings. The third-order valence-corrected chi connectivity index (χ3v) is 6.49. The number of halogens is 1. The van der Waals surface area contributed by atoms with Crippen LogP contribution in [0.25, 0.3) is 22.4 Å². The molecule has 4 aromatic rings. The molecule has 1 atom stereocenters. The first-order valence-electron chi connectivity index (χ1n) is 12.8. The molecule has 0 radical (unpaired) electrons. The first kappa shape index (κ1) is 26.9. The normalized spacial score (nSPS) is 14.6. The van der Waals surface area contributed by atoms with Crippen LogP contribution in [0.1, 0.15) is 6.92 Å². The van der Waals surface area contributed by atoms with Crippen LogP contribution in [0.3, 0.4) is 0 Å². The van der Waals surface area contributed by atoms with Gasteiger partial charge in [0.05, 0.1) is 11.8 Å². The summed E-state index contributed by atoms with van der Waals surface area (Å²) in [6.07, 6.45) is 2.13. The number of β-amino-alcohol motifs (C(OH)–C–C–N with tert-alkyl or cyclic N) is 1. The third-order valence-electron chi connectivity index (χ3n) is 6.49. The molecule has 40 heavy (non-hydrogen) atoms. The van der Waals surface area contributed by atoms with Crippen molar-refractivity contribution in [2.24, 2.45) is 0 Å². The summed E-state index contributed by atoms with van der Waals surface area (Å²) in [6.45, 7) is 8.62. The van der Waals surface area contributed by atoms with Crippen LogP contribution in [0.15, 0.2) is 66.1 Å². The zero-order chi connectivity index (χ0) is 28.2. The molecule has 1 amide bonds. The number of aliphatic hydroxyl groups excluding tert-OH is 1. The zero-order valence-electron chi connectivity index (χ0n) is 21.9. The summed E-state index contributed by atoms with van der Waals surface area (Å²) in [7, 11) is 0. The van der Waals surface area contributed by atoms with Crippen LogP contribution in [0, 0.1) is 5.82 Å². The number of rotatable bonds is 8. The summed E-state index contributed by atoms with van der Waals surface area (Å²) >= 11 is 0. The number of aromatic nitrogens is 4. The van der Waals surface area contributed by atoms with Gasteiger partial charge in [0.25, 0.3) is 5.56 Å². The van der Waals surface area contributed by atoms with Gasteiger partial charge < -0.3 is 25.6 Å². The van der Waals surface area contributed by atoms with Crippen LogP contribution in [0.2, 0.25) is 0 Å². The first-order valence-corrected chi connectivity index (χ1v) is 12.8. The molecule has 2 aromatic carbocycles. The van der Waals surface area contributed by atoms with E-state index in [0.29, 0.717) is 42.3 Å². The van der Waals surface area contributed by atoms with Gasteiger partial charge in [0.1, 0.15) is 17.0 Å². The van der Waals surface area contributed by atoms with Gasteiger partial charge in [0.2, 0.25) is 11.9 Å². The number of aliphatic hydroxyl groups is 1. The summed E-state index contributed by atoms with van der Waals surface area (Å²) < 4.78 is 15.1. The lowest BCUT2D eigenvalue weighted by Gasteiger charge is -2.36.